The largest absolute Gasteiger partial charge is 0.444 e. The molecule has 0 saturated carbocycles. The highest BCUT2D eigenvalue weighted by molar-refractivity contribution is 6.31. The van der Waals surface area contributed by atoms with Crippen molar-refractivity contribution in [2.75, 3.05) is 5.32 Å². The van der Waals surface area contributed by atoms with E-state index in [1.54, 1.807) is 25.1 Å². The van der Waals surface area contributed by atoms with Gasteiger partial charge in [0.15, 0.2) is 0 Å². The van der Waals surface area contributed by atoms with Gasteiger partial charge >= 0.3 is 6.09 Å². The van der Waals surface area contributed by atoms with Gasteiger partial charge in [0.2, 0.25) is 11.8 Å². The lowest BCUT2D eigenvalue weighted by atomic mass is 10.0. The number of benzene rings is 2. The molecule has 2 N–H and O–H groups in total. The fourth-order valence-corrected chi connectivity index (χ4v) is 3.89. The van der Waals surface area contributed by atoms with E-state index in [0.29, 0.717) is 21.7 Å². The van der Waals surface area contributed by atoms with Crippen molar-refractivity contribution in [1.29, 1.82) is 0 Å². The smallest absolute Gasteiger partial charge is 0.412 e. The van der Waals surface area contributed by atoms with Crippen LogP contribution in [0.25, 0.3) is 0 Å². The number of rotatable bonds is 4. The van der Waals surface area contributed by atoms with Crippen LogP contribution in [0.3, 0.4) is 0 Å². The zero-order chi connectivity index (χ0) is 23.0. The number of carbonyl (C=O) groups is 4. The summed E-state index contributed by atoms with van der Waals surface area (Å²) in [6.45, 7) is 1.76. The monoisotopic (exact) mass is 459 g/mol. The van der Waals surface area contributed by atoms with Gasteiger partial charge in [0.25, 0.3) is 5.91 Å². The molecule has 2 aliphatic heterocycles. The number of piperidine rings is 1. The van der Waals surface area contributed by atoms with Crippen LogP contribution in [-0.4, -0.2) is 34.8 Å². The highest BCUT2D eigenvalue weighted by atomic mass is 35.5. The summed E-state index contributed by atoms with van der Waals surface area (Å²) in [6, 6.07) is 6.84. The number of halogens is 2. The van der Waals surface area contributed by atoms with Crippen LogP contribution >= 0.6 is 11.6 Å². The Morgan fingerprint density at radius 1 is 1.28 bits per heavy atom. The molecule has 0 aliphatic carbocycles. The fraction of sp³-hybridized carbons (Fsp3) is 0.273. The average Bonchev–Trinajstić information content (AvgIpc) is 3.06. The highest BCUT2D eigenvalue weighted by Crippen LogP contribution is 2.28. The first-order chi connectivity index (χ1) is 15.2. The Morgan fingerprint density at radius 2 is 2.06 bits per heavy atom. The number of anilines is 1. The minimum absolute atomic E-state index is 0.102. The molecule has 32 heavy (non-hydrogen) atoms. The zero-order valence-electron chi connectivity index (χ0n) is 17.0. The van der Waals surface area contributed by atoms with Crippen LogP contribution in [0, 0.1) is 12.7 Å². The Bertz CT molecular complexity index is 1150. The van der Waals surface area contributed by atoms with Crippen molar-refractivity contribution < 1.29 is 28.3 Å². The summed E-state index contributed by atoms with van der Waals surface area (Å²) < 4.78 is 19.1. The molecule has 0 spiro atoms. The first kappa shape index (κ1) is 21.8. The number of fused-ring (bicyclic) bond motifs is 1. The number of hydrogen-bond acceptors (Lipinski definition) is 5. The minimum atomic E-state index is -0.874. The van der Waals surface area contributed by atoms with Gasteiger partial charge in [-0.2, -0.15) is 0 Å². The summed E-state index contributed by atoms with van der Waals surface area (Å²) in [6.07, 6.45) is -0.418. The van der Waals surface area contributed by atoms with Gasteiger partial charge in [-0.3, -0.25) is 25.0 Å². The van der Waals surface area contributed by atoms with Crippen molar-refractivity contribution in [2.24, 2.45) is 0 Å². The van der Waals surface area contributed by atoms with Crippen LogP contribution in [0.4, 0.5) is 14.9 Å². The standard InChI is InChI=1S/C22H19ClFN3O5/c1-11-6-16(24)17(8-15(11)23)25-22(31)32-10-12-2-3-13-9-27(21(30)14(13)7-12)18-4-5-19(28)26-20(18)29/h2-3,6-8,18H,4-5,9-10H2,1H3,(H,25,31)(H,26,28,29). The third kappa shape index (κ3) is 4.29. The summed E-state index contributed by atoms with van der Waals surface area (Å²) >= 11 is 5.96. The van der Waals surface area contributed by atoms with Gasteiger partial charge in [0.05, 0.1) is 5.69 Å². The Kier molecular flexibility index (Phi) is 5.84. The quantitative estimate of drug-likeness (QED) is 0.682. The lowest BCUT2D eigenvalue weighted by molar-refractivity contribution is -0.136. The molecule has 1 unspecified atom stereocenters. The summed E-state index contributed by atoms with van der Waals surface area (Å²) in [5.41, 5.74) is 2.14. The number of ether oxygens (including phenoxy) is 1. The van der Waals surface area contributed by atoms with Crippen molar-refractivity contribution in [2.45, 2.75) is 39.0 Å². The van der Waals surface area contributed by atoms with Crippen LogP contribution in [0.15, 0.2) is 30.3 Å². The fourth-order valence-electron chi connectivity index (χ4n) is 3.73. The molecule has 4 rings (SSSR count). The molecular formula is C22H19ClFN3O5. The van der Waals surface area contributed by atoms with Crippen molar-refractivity contribution in [3.8, 4) is 0 Å². The predicted octanol–water partition coefficient (Wildman–Crippen LogP) is 3.30. The van der Waals surface area contributed by atoms with Gasteiger partial charge in [-0.05, 0) is 48.2 Å². The van der Waals surface area contributed by atoms with Gasteiger partial charge in [-0.25, -0.2) is 9.18 Å². The summed E-state index contributed by atoms with van der Waals surface area (Å²) in [5, 5.41) is 4.86. The Balaban J connectivity index is 1.40. The van der Waals surface area contributed by atoms with Gasteiger partial charge < -0.3 is 9.64 Å². The molecule has 10 heteroatoms. The van der Waals surface area contributed by atoms with Crippen LogP contribution in [0.1, 0.15) is 39.9 Å². The van der Waals surface area contributed by atoms with Crippen molar-refractivity contribution in [3.05, 3.63) is 63.4 Å². The van der Waals surface area contributed by atoms with E-state index in [0.717, 1.165) is 5.56 Å². The van der Waals surface area contributed by atoms with Gasteiger partial charge in [-0.1, -0.05) is 23.7 Å². The maximum Gasteiger partial charge on any atom is 0.412 e. The first-order valence-electron chi connectivity index (χ1n) is 9.89. The number of carbonyl (C=O) groups excluding carboxylic acids is 4. The average molecular weight is 460 g/mol. The molecule has 4 amide bonds. The lowest BCUT2D eigenvalue weighted by Gasteiger charge is -2.29. The molecule has 2 aromatic carbocycles. The third-order valence-electron chi connectivity index (χ3n) is 5.45. The Hall–Kier alpha value is -3.46. The van der Waals surface area contributed by atoms with E-state index in [-0.39, 0.29) is 43.5 Å². The molecule has 8 nitrogen and oxygen atoms in total. The third-order valence-corrected chi connectivity index (χ3v) is 5.85. The van der Waals surface area contributed by atoms with Crippen molar-refractivity contribution in [1.82, 2.24) is 10.2 Å². The molecule has 2 heterocycles. The maximum absolute atomic E-state index is 14.0. The second-order valence-electron chi connectivity index (χ2n) is 7.67. The summed E-state index contributed by atoms with van der Waals surface area (Å²) in [5.74, 6) is -1.79. The number of imide groups is 1. The van der Waals surface area contributed by atoms with E-state index in [2.05, 4.69) is 10.6 Å². The SMILES string of the molecule is Cc1cc(F)c(NC(=O)OCc2ccc3c(c2)C(=O)N(C2CCC(=O)NC2=O)C3)cc1Cl. The van der Waals surface area contributed by atoms with Gasteiger partial charge in [-0.15, -0.1) is 0 Å². The van der Waals surface area contributed by atoms with Crippen molar-refractivity contribution >= 4 is 41.1 Å². The van der Waals surface area contributed by atoms with Crippen LogP contribution in [0.2, 0.25) is 5.02 Å². The van der Waals surface area contributed by atoms with E-state index in [9.17, 15) is 23.6 Å². The molecule has 1 saturated heterocycles. The Labute approximate surface area is 187 Å². The predicted molar refractivity (Wildman–Crippen MR) is 112 cm³/mol. The molecule has 0 aromatic heterocycles. The van der Waals surface area contributed by atoms with Crippen LogP contribution in [-0.2, 0) is 27.5 Å². The van der Waals surface area contributed by atoms with E-state index in [1.807, 2.05) is 0 Å². The number of nitrogens with zero attached hydrogens (tertiary/aromatic N) is 1. The molecule has 2 aliphatic rings. The van der Waals surface area contributed by atoms with E-state index in [1.165, 1.54) is 17.0 Å². The zero-order valence-corrected chi connectivity index (χ0v) is 17.8. The van der Waals surface area contributed by atoms with E-state index < -0.39 is 23.9 Å². The number of aryl methyl sites for hydroxylation is 1. The van der Waals surface area contributed by atoms with E-state index in [4.69, 9.17) is 16.3 Å². The number of nitrogens with one attached hydrogen (secondary N) is 2. The van der Waals surface area contributed by atoms with Gasteiger partial charge in [0.1, 0.15) is 18.5 Å². The van der Waals surface area contributed by atoms with Crippen molar-refractivity contribution in [3.63, 3.8) is 0 Å². The highest BCUT2D eigenvalue weighted by Gasteiger charge is 2.39. The maximum atomic E-state index is 14.0. The normalized spacial score (nSPS) is 17.8. The summed E-state index contributed by atoms with van der Waals surface area (Å²) in [4.78, 5) is 49.8. The Morgan fingerprint density at radius 3 is 2.81 bits per heavy atom. The number of hydrogen-bond donors (Lipinski definition) is 2. The second-order valence-corrected chi connectivity index (χ2v) is 8.08. The molecule has 0 bridgehead atoms. The molecule has 2 aromatic rings. The van der Waals surface area contributed by atoms with Gasteiger partial charge in [0, 0.05) is 23.6 Å². The number of amides is 4. The summed E-state index contributed by atoms with van der Waals surface area (Å²) in [7, 11) is 0. The molecule has 1 fully saturated rings. The molecule has 1 atom stereocenters. The second kappa shape index (κ2) is 8.58. The topological polar surface area (TPSA) is 105 Å². The van der Waals surface area contributed by atoms with Crippen LogP contribution < -0.4 is 10.6 Å². The van der Waals surface area contributed by atoms with Crippen LogP contribution in [0.5, 0.6) is 0 Å². The minimum Gasteiger partial charge on any atom is -0.444 e. The first-order valence-corrected chi connectivity index (χ1v) is 10.3. The molecule has 166 valence electrons. The molecule has 0 radical (unpaired) electrons. The van der Waals surface area contributed by atoms with E-state index >= 15 is 0 Å². The molecular weight excluding hydrogens is 441 g/mol. The lowest BCUT2D eigenvalue weighted by Crippen LogP contribution is -2.52.